The Morgan fingerprint density at radius 3 is 2.31 bits per heavy atom. The van der Waals surface area contributed by atoms with Crippen LogP contribution in [0.2, 0.25) is 0 Å². The van der Waals surface area contributed by atoms with Crippen LogP contribution in [0.25, 0.3) is 11.0 Å². The highest BCUT2D eigenvalue weighted by Gasteiger charge is 2.09. The molecule has 0 saturated heterocycles. The summed E-state index contributed by atoms with van der Waals surface area (Å²) >= 11 is 0. The fourth-order valence-electron chi connectivity index (χ4n) is 2.47. The topological polar surface area (TPSA) is 75.0 Å². The standard InChI is InChI=1S/C20H18O6/c1-3-23-14-4-6-15(7-5-14)24-12-20(22)25-16-8-9-17-13(2)10-19(21)26-18(17)11-16/h4-11H,3,12H2,1-2H3. The van der Waals surface area contributed by atoms with Crippen molar-refractivity contribution < 1.29 is 23.4 Å². The lowest BCUT2D eigenvalue weighted by molar-refractivity contribution is -0.136. The first-order chi connectivity index (χ1) is 12.5. The minimum Gasteiger partial charge on any atom is -0.494 e. The van der Waals surface area contributed by atoms with E-state index >= 15 is 0 Å². The molecule has 0 atom stereocenters. The van der Waals surface area contributed by atoms with Gasteiger partial charge in [0.05, 0.1) is 6.61 Å². The van der Waals surface area contributed by atoms with Crippen LogP contribution >= 0.6 is 0 Å². The third-order valence-electron chi connectivity index (χ3n) is 3.65. The Hall–Kier alpha value is -3.28. The predicted octanol–water partition coefficient (Wildman–Crippen LogP) is 3.48. The molecule has 0 aliphatic heterocycles. The van der Waals surface area contributed by atoms with Gasteiger partial charge in [-0.25, -0.2) is 9.59 Å². The fourth-order valence-corrected chi connectivity index (χ4v) is 2.47. The zero-order chi connectivity index (χ0) is 18.5. The van der Waals surface area contributed by atoms with Gasteiger partial charge in [0.25, 0.3) is 0 Å². The van der Waals surface area contributed by atoms with Gasteiger partial charge in [0.2, 0.25) is 0 Å². The maximum absolute atomic E-state index is 12.0. The summed E-state index contributed by atoms with van der Waals surface area (Å²) in [5, 5.41) is 0.787. The van der Waals surface area contributed by atoms with Crippen LogP contribution in [0.4, 0.5) is 0 Å². The Morgan fingerprint density at radius 1 is 0.962 bits per heavy atom. The summed E-state index contributed by atoms with van der Waals surface area (Å²) in [6.45, 7) is 4.05. The lowest BCUT2D eigenvalue weighted by atomic mass is 10.1. The first kappa shape index (κ1) is 17.5. The van der Waals surface area contributed by atoms with Gasteiger partial charge in [-0.05, 0) is 55.8 Å². The second-order valence-electron chi connectivity index (χ2n) is 5.57. The van der Waals surface area contributed by atoms with E-state index in [1.807, 2.05) is 13.8 Å². The van der Waals surface area contributed by atoms with Crippen molar-refractivity contribution >= 4 is 16.9 Å². The molecular weight excluding hydrogens is 336 g/mol. The van der Waals surface area contributed by atoms with Gasteiger partial charge in [-0.15, -0.1) is 0 Å². The molecule has 1 heterocycles. The van der Waals surface area contributed by atoms with Crippen molar-refractivity contribution in [3.05, 3.63) is 64.5 Å². The molecule has 3 aromatic rings. The van der Waals surface area contributed by atoms with Crippen molar-refractivity contribution in [2.24, 2.45) is 0 Å². The van der Waals surface area contributed by atoms with Crippen LogP contribution in [-0.4, -0.2) is 19.2 Å². The number of fused-ring (bicyclic) bond motifs is 1. The summed E-state index contributed by atoms with van der Waals surface area (Å²) < 4.78 is 21.1. The minimum absolute atomic E-state index is 0.246. The smallest absolute Gasteiger partial charge is 0.349 e. The van der Waals surface area contributed by atoms with E-state index in [2.05, 4.69) is 0 Å². The molecule has 26 heavy (non-hydrogen) atoms. The number of benzene rings is 2. The highest BCUT2D eigenvalue weighted by atomic mass is 16.6. The van der Waals surface area contributed by atoms with Gasteiger partial charge < -0.3 is 18.6 Å². The van der Waals surface area contributed by atoms with Crippen LogP contribution < -0.4 is 19.8 Å². The summed E-state index contributed by atoms with van der Waals surface area (Å²) in [4.78, 5) is 23.4. The number of carbonyl (C=O) groups excluding carboxylic acids is 1. The Kier molecular flexibility index (Phi) is 5.22. The van der Waals surface area contributed by atoms with Gasteiger partial charge in [-0.3, -0.25) is 0 Å². The first-order valence-corrected chi connectivity index (χ1v) is 8.16. The van der Waals surface area contributed by atoms with Crippen molar-refractivity contribution in [3.63, 3.8) is 0 Å². The molecule has 0 amide bonds. The monoisotopic (exact) mass is 354 g/mol. The molecule has 0 saturated carbocycles. The molecule has 0 aliphatic rings. The highest BCUT2D eigenvalue weighted by Crippen LogP contribution is 2.22. The fraction of sp³-hybridized carbons (Fsp3) is 0.200. The van der Waals surface area contributed by atoms with Crippen molar-refractivity contribution in [1.82, 2.24) is 0 Å². The number of carbonyl (C=O) groups is 1. The molecule has 134 valence electrons. The third-order valence-corrected chi connectivity index (χ3v) is 3.65. The number of aryl methyl sites for hydroxylation is 1. The van der Waals surface area contributed by atoms with Gasteiger partial charge in [-0.2, -0.15) is 0 Å². The van der Waals surface area contributed by atoms with Crippen LogP contribution in [0.5, 0.6) is 17.2 Å². The van der Waals surface area contributed by atoms with E-state index in [4.69, 9.17) is 18.6 Å². The zero-order valence-corrected chi connectivity index (χ0v) is 14.5. The predicted molar refractivity (Wildman–Crippen MR) is 96.0 cm³/mol. The maximum atomic E-state index is 12.0. The molecule has 0 bridgehead atoms. The summed E-state index contributed by atoms with van der Waals surface area (Å²) in [5.74, 6) is 0.987. The SMILES string of the molecule is CCOc1ccc(OCC(=O)Oc2ccc3c(C)cc(=O)oc3c2)cc1. The Balaban J connectivity index is 1.62. The maximum Gasteiger partial charge on any atom is 0.349 e. The Morgan fingerprint density at radius 2 is 1.62 bits per heavy atom. The number of esters is 1. The van der Waals surface area contributed by atoms with Crippen LogP contribution in [0.15, 0.2) is 57.7 Å². The van der Waals surface area contributed by atoms with Crippen LogP contribution in [0, 0.1) is 6.92 Å². The largest absolute Gasteiger partial charge is 0.494 e. The summed E-state index contributed by atoms with van der Waals surface area (Å²) in [7, 11) is 0. The van der Waals surface area contributed by atoms with Crippen molar-refractivity contribution in [1.29, 1.82) is 0 Å². The molecule has 0 unspecified atom stereocenters. The molecule has 2 aromatic carbocycles. The Bertz CT molecular complexity index is 972. The Labute approximate surface area is 149 Å². The molecule has 0 N–H and O–H groups in total. The molecule has 3 rings (SSSR count). The van der Waals surface area contributed by atoms with Gasteiger partial charge in [0.1, 0.15) is 22.8 Å². The normalized spacial score (nSPS) is 10.5. The van der Waals surface area contributed by atoms with Gasteiger partial charge in [-0.1, -0.05) is 0 Å². The number of ether oxygens (including phenoxy) is 3. The first-order valence-electron chi connectivity index (χ1n) is 8.16. The van der Waals surface area contributed by atoms with E-state index in [1.165, 1.54) is 12.1 Å². The van der Waals surface area contributed by atoms with Gasteiger partial charge >= 0.3 is 11.6 Å². The molecule has 0 aliphatic carbocycles. The number of rotatable bonds is 6. The van der Waals surface area contributed by atoms with Crippen molar-refractivity contribution in [2.45, 2.75) is 13.8 Å². The van der Waals surface area contributed by atoms with Crippen LogP contribution in [0.1, 0.15) is 12.5 Å². The molecular formula is C20H18O6. The summed E-state index contributed by atoms with van der Waals surface area (Å²) in [6.07, 6.45) is 0. The summed E-state index contributed by atoms with van der Waals surface area (Å²) in [6, 6.07) is 13.3. The number of hydrogen-bond acceptors (Lipinski definition) is 6. The second kappa shape index (κ2) is 7.74. The molecule has 1 aromatic heterocycles. The zero-order valence-electron chi connectivity index (χ0n) is 14.5. The van der Waals surface area contributed by atoms with Crippen LogP contribution in [-0.2, 0) is 4.79 Å². The lowest BCUT2D eigenvalue weighted by Crippen LogP contribution is -2.17. The second-order valence-corrected chi connectivity index (χ2v) is 5.57. The molecule has 6 nitrogen and oxygen atoms in total. The van der Waals surface area contributed by atoms with E-state index in [1.54, 1.807) is 36.4 Å². The van der Waals surface area contributed by atoms with E-state index in [0.29, 0.717) is 17.9 Å². The minimum atomic E-state index is -0.562. The highest BCUT2D eigenvalue weighted by molar-refractivity contribution is 5.82. The van der Waals surface area contributed by atoms with E-state index in [0.717, 1.165) is 16.7 Å². The van der Waals surface area contributed by atoms with E-state index in [9.17, 15) is 9.59 Å². The average Bonchev–Trinajstić information content (AvgIpc) is 2.61. The molecule has 6 heteroatoms. The van der Waals surface area contributed by atoms with Gasteiger partial charge in [0, 0.05) is 17.5 Å². The molecule has 0 fully saturated rings. The molecule has 0 spiro atoms. The van der Waals surface area contributed by atoms with E-state index < -0.39 is 11.6 Å². The quantitative estimate of drug-likeness (QED) is 0.383. The average molecular weight is 354 g/mol. The lowest BCUT2D eigenvalue weighted by Gasteiger charge is -2.08. The van der Waals surface area contributed by atoms with Crippen LogP contribution in [0.3, 0.4) is 0 Å². The van der Waals surface area contributed by atoms with Crippen molar-refractivity contribution in [2.75, 3.05) is 13.2 Å². The van der Waals surface area contributed by atoms with E-state index in [-0.39, 0.29) is 12.4 Å². The molecule has 0 radical (unpaired) electrons. The van der Waals surface area contributed by atoms with Crippen molar-refractivity contribution in [3.8, 4) is 17.2 Å². The number of hydrogen-bond donors (Lipinski definition) is 0. The van der Waals surface area contributed by atoms with Gasteiger partial charge in [0.15, 0.2) is 6.61 Å². The third kappa shape index (κ3) is 4.22. The summed E-state index contributed by atoms with van der Waals surface area (Å²) in [5.41, 5.74) is 0.720.